The van der Waals surface area contributed by atoms with E-state index in [1.54, 1.807) is 14.0 Å². The van der Waals surface area contributed by atoms with Crippen molar-refractivity contribution in [3.63, 3.8) is 0 Å². The maximum atomic E-state index is 8.79. The molecule has 0 aliphatic carbocycles. The van der Waals surface area contributed by atoms with E-state index in [4.69, 9.17) is 14.7 Å². The topological polar surface area (TPSA) is 42.2 Å². The van der Waals surface area contributed by atoms with Gasteiger partial charge in [-0.25, -0.2) is 0 Å². The Hall–Kier alpha value is -0.590. The molecule has 2 unspecified atom stereocenters. The van der Waals surface area contributed by atoms with Crippen molar-refractivity contribution in [2.45, 2.75) is 31.5 Å². The van der Waals surface area contributed by atoms with Crippen molar-refractivity contribution in [2.24, 2.45) is 0 Å². The number of nitriles is 1. The fourth-order valence-corrected chi connectivity index (χ4v) is 1.26. The maximum Gasteiger partial charge on any atom is 0.176 e. The van der Waals surface area contributed by atoms with Crippen molar-refractivity contribution in [1.82, 2.24) is 0 Å². The first-order valence-corrected chi connectivity index (χ1v) is 3.81. The Bertz CT molecular complexity index is 169. The summed E-state index contributed by atoms with van der Waals surface area (Å²) in [4.78, 5) is 0. The number of hydrogen-bond acceptors (Lipinski definition) is 3. The van der Waals surface area contributed by atoms with Gasteiger partial charge in [0.15, 0.2) is 5.60 Å². The molecule has 1 saturated heterocycles. The highest BCUT2D eigenvalue weighted by Gasteiger charge is 2.37. The van der Waals surface area contributed by atoms with Gasteiger partial charge in [-0.05, 0) is 19.8 Å². The van der Waals surface area contributed by atoms with Crippen molar-refractivity contribution in [3.05, 3.63) is 0 Å². The average Bonchev–Trinajstić information content (AvgIpc) is 2.55. The molecule has 3 heteroatoms. The Kier molecular flexibility index (Phi) is 2.48. The lowest BCUT2D eigenvalue weighted by Gasteiger charge is -2.25. The summed E-state index contributed by atoms with van der Waals surface area (Å²) in [7, 11) is 1.55. The van der Waals surface area contributed by atoms with Crippen LogP contribution in [0.1, 0.15) is 19.8 Å². The summed E-state index contributed by atoms with van der Waals surface area (Å²) in [5, 5.41) is 8.79. The van der Waals surface area contributed by atoms with Crippen LogP contribution in [0.3, 0.4) is 0 Å². The number of methoxy groups -OCH3 is 1. The van der Waals surface area contributed by atoms with E-state index in [0.717, 1.165) is 19.4 Å². The quantitative estimate of drug-likeness (QED) is 0.599. The van der Waals surface area contributed by atoms with Gasteiger partial charge in [-0.15, -0.1) is 0 Å². The molecule has 2 atom stereocenters. The Morgan fingerprint density at radius 1 is 1.73 bits per heavy atom. The third-order valence-corrected chi connectivity index (χ3v) is 2.19. The highest BCUT2D eigenvalue weighted by molar-refractivity contribution is 5.04. The molecule has 0 N–H and O–H groups in total. The fraction of sp³-hybridized carbons (Fsp3) is 0.875. The van der Waals surface area contributed by atoms with Gasteiger partial charge in [-0.3, -0.25) is 0 Å². The van der Waals surface area contributed by atoms with Crippen molar-refractivity contribution in [2.75, 3.05) is 13.7 Å². The van der Waals surface area contributed by atoms with Crippen LogP contribution in [0.4, 0.5) is 0 Å². The summed E-state index contributed by atoms with van der Waals surface area (Å²) < 4.78 is 10.4. The summed E-state index contributed by atoms with van der Waals surface area (Å²) >= 11 is 0. The van der Waals surface area contributed by atoms with Gasteiger partial charge in [0, 0.05) is 13.7 Å². The first-order valence-electron chi connectivity index (χ1n) is 3.81. The first kappa shape index (κ1) is 8.51. The second-order valence-corrected chi connectivity index (χ2v) is 2.92. The molecule has 0 aromatic heterocycles. The molecule has 1 rings (SSSR count). The summed E-state index contributed by atoms with van der Waals surface area (Å²) in [6.07, 6.45) is 1.92. The highest BCUT2D eigenvalue weighted by atomic mass is 16.5. The van der Waals surface area contributed by atoms with E-state index >= 15 is 0 Å². The summed E-state index contributed by atoms with van der Waals surface area (Å²) in [6, 6.07) is 2.12. The minimum atomic E-state index is -0.753. The lowest BCUT2D eigenvalue weighted by Crippen LogP contribution is -2.39. The number of ether oxygens (including phenoxy) is 2. The van der Waals surface area contributed by atoms with E-state index in [9.17, 15) is 0 Å². The van der Waals surface area contributed by atoms with Crippen LogP contribution in [0.25, 0.3) is 0 Å². The van der Waals surface area contributed by atoms with Crippen molar-refractivity contribution in [3.8, 4) is 6.07 Å². The summed E-state index contributed by atoms with van der Waals surface area (Å²) in [6.45, 7) is 2.52. The van der Waals surface area contributed by atoms with E-state index < -0.39 is 5.60 Å². The monoisotopic (exact) mass is 155 g/mol. The number of nitrogens with zero attached hydrogens (tertiary/aromatic N) is 1. The first-order chi connectivity index (χ1) is 5.23. The zero-order valence-corrected chi connectivity index (χ0v) is 6.96. The van der Waals surface area contributed by atoms with Crippen molar-refractivity contribution < 1.29 is 9.47 Å². The summed E-state index contributed by atoms with van der Waals surface area (Å²) in [5.41, 5.74) is -0.753. The molecule has 0 spiro atoms. The normalized spacial score (nSPS) is 29.4. The van der Waals surface area contributed by atoms with E-state index in [-0.39, 0.29) is 6.10 Å². The van der Waals surface area contributed by atoms with Crippen LogP contribution in [0.5, 0.6) is 0 Å². The predicted octanol–water partition coefficient (Wildman–Crippen LogP) is 1.09. The predicted molar refractivity (Wildman–Crippen MR) is 40.0 cm³/mol. The molecule has 0 radical (unpaired) electrons. The Labute approximate surface area is 66.9 Å². The van der Waals surface area contributed by atoms with Crippen LogP contribution in [0, 0.1) is 11.3 Å². The van der Waals surface area contributed by atoms with Crippen LogP contribution in [-0.4, -0.2) is 25.4 Å². The van der Waals surface area contributed by atoms with Gasteiger partial charge in [0.05, 0.1) is 6.10 Å². The molecular formula is C8H13NO2. The molecule has 1 heterocycles. The van der Waals surface area contributed by atoms with Crippen LogP contribution >= 0.6 is 0 Å². The Morgan fingerprint density at radius 2 is 2.45 bits per heavy atom. The molecule has 11 heavy (non-hydrogen) atoms. The number of rotatable bonds is 2. The van der Waals surface area contributed by atoms with Gasteiger partial charge in [-0.2, -0.15) is 5.26 Å². The third kappa shape index (κ3) is 1.52. The lowest BCUT2D eigenvalue weighted by atomic mass is 9.98. The molecule has 0 amide bonds. The van der Waals surface area contributed by atoms with Crippen molar-refractivity contribution in [1.29, 1.82) is 5.26 Å². The van der Waals surface area contributed by atoms with E-state index in [0.29, 0.717) is 0 Å². The average molecular weight is 155 g/mol. The van der Waals surface area contributed by atoms with E-state index in [1.165, 1.54) is 0 Å². The minimum absolute atomic E-state index is 0.0440. The standard InChI is InChI=1S/C8H13NO2/c1-8(6-9,10-2)7-4-3-5-11-7/h7H,3-5H2,1-2H3. The molecule has 1 aliphatic heterocycles. The van der Waals surface area contributed by atoms with Gasteiger partial charge in [-0.1, -0.05) is 0 Å². The van der Waals surface area contributed by atoms with Crippen LogP contribution < -0.4 is 0 Å². The molecule has 3 nitrogen and oxygen atoms in total. The molecule has 0 aromatic rings. The second-order valence-electron chi connectivity index (χ2n) is 2.92. The van der Waals surface area contributed by atoms with Gasteiger partial charge in [0.1, 0.15) is 6.07 Å². The molecule has 62 valence electrons. The Morgan fingerprint density at radius 3 is 2.82 bits per heavy atom. The van der Waals surface area contributed by atoms with Gasteiger partial charge < -0.3 is 9.47 Å². The molecule has 0 saturated carbocycles. The number of hydrogen-bond donors (Lipinski definition) is 0. The Balaban J connectivity index is 2.61. The van der Waals surface area contributed by atoms with Gasteiger partial charge >= 0.3 is 0 Å². The third-order valence-electron chi connectivity index (χ3n) is 2.19. The van der Waals surface area contributed by atoms with Gasteiger partial charge in [0.2, 0.25) is 0 Å². The fourth-order valence-electron chi connectivity index (χ4n) is 1.26. The van der Waals surface area contributed by atoms with Crippen molar-refractivity contribution >= 4 is 0 Å². The SMILES string of the molecule is COC(C)(C#N)C1CCCO1. The zero-order chi connectivity index (χ0) is 8.32. The lowest BCUT2D eigenvalue weighted by molar-refractivity contribution is -0.0619. The zero-order valence-electron chi connectivity index (χ0n) is 6.96. The molecule has 0 bridgehead atoms. The van der Waals surface area contributed by atoms with E-state index in [2.05, 4.69) is 6.07 Å². The van der Waals surface area contributed by atoms with Gasteiger partial charge in [0.25, 0.3) is 0 Å². The van der Waals surface area contributed by atoms with Crippen LogP contribution in [-0.2, 0) is 9.47 Å². The smallest absolute Gasteiger partial charge is 0.176 e. The second kappa shape index (κ2) is 3.21. The minimum Gasteiger partial charge on any atom is -0.374 e. The molecule has 1 aliphatic rings. The van der Waals surface area contributed by atoms with E-state index in [1.807, 2.05) is 0 Å². The highest BCUT2D eigenvalue weighted by Crippen LogP contribution is 2.25. The van der Waals surface area contributed by atoms with Crippen LogP contribution in [0.2, 0.25) is 0 Å². The largest absolute Gasteiger partial charge is 0.374 e. The molecule has 0 aromatic carbocycles. The molecular weight excluding hydrogens is 142 g/mol. The van der Waals surface area contributed by atoms with Crippen LogP contribution in [0.15, 0.2) is 0 Å². The molecule has 1 fully saturated rings. The summed E-state index contributed by atoms with van der Waals surface area (Å²) in [5.74, 6) is 0. The maximum absolute atomic E-state index is 8.79.